The van der Waals surface area contributed by atoms with Gasteiger partial charge in [-0.25, -0.2) is 9.78 Å². The number of thiazole rings is 1. The molecular weight excluding hydrogens is 498 g/mol. The van der Waals surface area contributed by atoms with Crippen molar-refractivity contribution in [3.8, 4) is 0 Å². The van der Waals surface area contributed by atoms with E-state index in [0.29, 0.717) is 0 Å². The number of ether oxygens (including phenoxy) is 2. The molecule has 3 heterocycles. The minimum absolute atomic E-state index is 0.102. The number of thioether (sulfide) groups is 1. The van der Waals surface area contributed by atoms with Crippen molar-refractivity contribution in [1.82, 2.24) is 15.2 Å². The van der Waals surface area contributed by atoms with Crippen molar-refractivity contribution in [2.45, 2.75) is 43.5 Å². The van der Waals surface area contributed by atoms with Crippen molar-refractivity contribution in [3.05, 3.63) is 22.8 Å². The average Bonchev–Trinajstić information content (AvgIpc) is 3.31. The predicted octanol–water partition coefficient (Wildman–Crippen LogP) is 0.984. The summed E-state index contributed by atoms with van der Waals surface area (Å²) in [5.74, 6) is -1.91. The van der Waals surface area contributed by atoms with Gasteiger partial charge in [-0.05, 0) is 12.8 Å². The Balaban J connectivity index is 1.28. The van der Waals surface area contributed by atoms with E-state index in [2.05, 4.69) is 15.5 Å². The number of β-lactam (4-membered cyclic amide) rings is 1. The lowest BCUT2D eigenvalue weighted by Crippen LogP contribution is -2.69. The minimum atomic E-state index is -0.809. The quantitative estimate of drug-likeness (QED) is 0.165. The average molecular weight is 524 g/mol. The molecule has 1 aliphatic carbocycles. The van der Waals surface area contributed by atoms with Crippen LogP contribution in [0.2, 0.25) is 0 Å². The van der Waals surface area contributed by atoms with Gasteiger partial charge in [0.1, 0.15) is 24.2 Å². The van der Waals surface area contributed by atoms with Crippen LogP contribution in [0.25, 0.3) is 0 Å². The molecule has 2 amide bonds. The summed E-state index contributed by atoms with van der Waals surface area (Å²) in [4.78, 5) is 59.9. The maximum Gasteiger partial charge on any atom is 0.339 e. The number of fused-ring (bicyclic) bond motifs is 1. The van der Waals surface area contributed by atoms with Crippen molar-refractivity contribution in [1.29, 1.82) is 0 Å². The molecule has 0 bridgehead atoms. The van der Waals surface area contributed by atoms with Crippen molar-refractivity contribution in [2.24, 2.45) is 11.1 Å². The van der Waals surface area contributed by atoms with E-state index in [-0.39, 0.29) is 45.7 Å². The summed E-state index contributed by atoms with van der Waals surface area (Å²) in [6, 6.07) is -0.809. The third-order valence-electron chi connectivity index (χ3n) is 5.83. The number of aromatic nitrogens is 1. The first-order valence-electron chi connectivity index (χ1n) is 11.0. The van der Waals surface area contributed by atoms with E-state index < -0.39 is 30.1 Å². The van der Waals surface area contributed by atoms with Gasteiger partial charge in [0.05, 0.1) is 11.5 Å². The number of hydrogen-bond donors (Lipinski definition) is 2. The zero-order valence-electron chi connectivity index (χ0n) is 18.9. The molecule has 1 aromatic rings. The largest absolute Gasteiger partial charge is 0.428 e. The van der Waals surface area contributed by atoms with Crippen LogP contribution in [-0.4, -0.2) is 70.4 Å². The van der Waals surface area contributed by atoms with Gasteiger partial charge in [0.25, 0.3) is 11.8 Å². The summed E-state index contributed by atoms with van der Waals surface area (Å²) in [5.41, 5.74) is 6.02. The van der Waals surface area contributed by atoms with Gasteiger partial charge >= 0.3 is 11.9 Å². The summed E-state index contributed by atoms with van der Waals surface area (Å²) in [6.07, 6.45) is 6.10. The van der Waals surface area contributed by atoms with Gasteiger partial charge in [-0.3, -0.25) is 14.4 Å². The molecule has 35 heavy (non-hydrogen) atoms. The molecule has 3 N–H and O–H groups in total. The standard InChI is InChI=1S/C21H25N5O7S2/c1-31-25-14(13-9-35-21(22)23-13)16(27)24-15-17(28)26-7-12(8-34-18(15)26)20(30)33-10-32-19(29)11-5-3-2-4-6-11/h7,9,11,15,18H,2-6,8,10H2,1H3,(H2,22,23)(H,24,27)/t15?,18-/m1/s1. The molecule has 0 aromatic carbocycles. The molecule has 4 rings (SSSR count). The highest BCUT2D eigenvalue weighted by atomic mass is 32.2. The van der Waals surface area contributed by atoms with Crippen LogP contribution in [0.3, 0.4) is 0 Å². The van der Waals surface area contributed by atoms with Crippen LogP contribution in [0.4, 0.5) is 5.13 Å². The van der Waals surface area contributed by atoms with E-state index in [1.165, 1.54) is 30.0 Å². The summed E-state index contributed by atoms with van der Waals surface area (Å²) in [7, 11) is 1.29. The molecule has 2 aliphatic heterocycles. The number of carbonyl (C=O) groups excluding carboxylic acids is 4. The maximum atomic E-state index is 12.7. The molecule has 2 fully saturated rings. The summed E-state index contributed by atoms with van der Waals surface area (Å²) >= 11 is 2.44. The molecule has 3 aliphatic rings. The molecule has 14 heteroatoms. The van der Waals surface area contributed by atoms with E-state index in [1.807, 2.05) is 0 Å². The fraction of sp³-hybridized carbons (Fsp3) is 0.524. The minimum Gasteiger partial charge on any atom is -0.428 e. The zero-order chi connectivity index (χ0) is 24.9. The number of rotatable bonds is 8. The van der Waals surface area contributed by atoms with Gasteiger partial charge in [0, 0.05) is 17.3 Å². The highest BCUT2D eigenvalue weighted by Crippen LogP contribution is 2.36. The van der Waals surface area contributed by atoms with Gasteiger partial charge in [-0.15, -0.1) is 23.1 Å². The number of amides is 2. The van der Waals surface area contributed by atoms with E-state index in [9.17, 15) is 19.2 Å². The molecule has 0 spiro atoms. The second-order valence-electron chi connectivity index (χ2n) is 8.09. The Morgan fingerprint density at radius 2 is 2.03 bits per heavy atom. The number of nitrogens with two attached hydrogens (primary N) is 1. The molecule has 1 saturated heterocycles. The van der Waals surface area contributed by atoms with Crippen molar-refractivity contribution in [2.75, 3.05) is 25.4 Å². The van der Waals surface area contributed by atoms with Crippen molar-refractivity contribution in [3.63, 3.8) is 0 Å². The van der Waals surface area contributed by atoms with Crippen molar-refractivity contribution < 1.29 is 33.5 Å². The first-order valence-corrected chi connectivity index (χ1v) is 12.9. The van der Waals surface area contributed by atoms with E-state index in [0.717, 1.165) is 43.4 Å². The van der Waals surface area contributed by atoms with Gasteiger partial charge in [0.15, 0.2) is 10.8 Å². The number of nitrogens with one attached hydrogen (secondary N) is 1. The van der Waals surface area contributed by atoms with Crippen LogP contribution in [-0.2, 0) is 33.5 Å². The number of hydrogen-bond acceptors (Lipinski definition) is 12. The first kappa shape index (κ1) is 25.0. The predicted molar refractivity (Wildman–Crippen MR) is 127 cm³/mol. The van der Waals surface area contributed by atoms with Crippen LogP contribution in [0, 0.1) is 5.92 Å². The number of esters is 2. The maximum absolute atomic E-state index is 12.7. The topological polar surface area (TPSA) is 163 Å². The number of nitrogens with zero attached hydrogens (tertiary/aromatic N) is 3. The van der Waals surface area contributed by atoms with Gasteiger partial charge < -0.3 is 30.3 Å². The summed E-state index contributed by atoms with van der Waals surface area (Å²) in [6.45, 7) is -0.463. The van der Waals surface area contributed by atoms with E-state index in [1.54, 1.807) is 5.38 Å². The van der Waals surface area contributed by atoms with Gasteiger partial charge in [-0.1, -0.05) is 24.4 Å². The lowest BCUT2D eigenvalue weighted by atomic mass is 9.89. The fourth-order valence-electron chi connectivity index (χ4n) is 4.02. The summed E-state index contributed by atoms with van der Waals surface area (Å²) < 4.78 is 10.2. The van der Waals surface area contributed by atoms with E-state index >= 15 is 0 Å². The Morgan fingerprint density at radius 3 is 2.71 bits per heavy atom. The smallest absolute Gasteiger partial charge is 0.339 e. The molecule has 1 saturated carbocycles. The lowest BCUT2D eigenvalue weighted by molar-refractivity contribution is -0.168. The Morgan fingerprint density at radius 1 is 1.26 bits per heavy atom. The molecular formula is C21H25N5O7S2. The molecule has 0 radical (unpaired) electrons. The van der Waals surface area contributed by atoms with Crippen LogP contribution in [0.15, 0.2) is 22.3 Å². The first-order chi connectivity index (χ1) is 16.9. The van der Waals surface area contributed by atoms with Crippen LogP contribution < -0.4 is 11.1 Å². The Kier molecular flexibility index (Phi) is 7.90. The van der Waals surface area contributed by atoms with Crippen molar-refractivity contribution >= 4 is 57.7 Å². The Labute approximate surface area is 209 Å². The lowest BCUT2D eigenvalue weighted by Gasteiger charge is -2.47. The van der Waals surface area contributed by atoms with E-state index in [4.69, 9.17) is 20.0 Å². The highest BCUT2D eigenvalue weighted by Gasteiger charge is 2.50. The van der Waals surface area contributed by atoms with Crippen LogP contribution >= 0.6 is 23.1 Å². The highest BCUT2D eigenvalue weighted by molar-refractivity contribution is 8.00. The third-order valence-corrected chi connectivity index (χ3v) is 7.82. The van der Waals surface area contributed by atoms with Crippen LogP contribution in [0.1, 0.15) is 37.8 Å². The molecule has 1 aromatic heterocycles. The van der Waals surface area contributed by atoms with Gasteiger partial charge in [-0.2, -0.15) is 0 Å². The second kappa shape index (κ2) is 11.1. The molecule has 1 unspecified atom stereocenters. The summed E-state index contributed by atoms with van der Waals surface area (Å²) in [5, 5.41) is 7.78. The van der Waals surface area contributed by atoms with Gasteiger partial charge in [0.2, 0.25) is 6.79 Å². The normalized spacial score (nSPS) is 22.4. The SMILES string of the molecule is CON=C(C(=O)NC1C(=O)N2C=C(C(=O)OCOC(=O)C3CCCCC3)CS[C@H]12)c1csc(N)n1. The number of carbonyl (C=O) groups is 4. The fourth-order valence-corrected chi connectivity index (χ4v) is 5.81. The molecule has 2 atom stereocenters. The number of nitrogen functional groups attached to an aromatic ring is 1. The zero-order valence-corrected chi connectivity index (χ0v) is 20.6. The Bertz CT molecular complexity index is 1070. The monoisotopic (exact) mass is 523 g/mol. The second-order valence-corrected chi connectivity index (χ2v) is 10.1. The van der Waals surface area contributed by atoms with Crippen LogP contribution in [0.5, 0.6) is 0 Å². The molecule has 12 nitrogen and oxygen atoms in total. The number of anilines is 1. The Hall–Kier alpha value is -3.13. The number of oxime groups is 1. The molecule has 188 valence electrons. The third kappa shape index (κ3) is 5.59.